The van der Waals surface area contributed by atoms with E-state index in [0.717, 1.165) is 5.56 Å². The number of halogens is 1. The summed E-state index contributed by atoms with van der Waals surface area (Å²) < 4.78 is 27.3. The predicted molar refractivity (Wildman–Crippen MR) is 79.2 cm³/mol. The van der Waals surface area contributed by atoms with Crippen molar-refractivity contribution in [2.45, 2.75) is 49.6 Å². The van der Waals surface area contributed by atoms with E-state index in [2.05, 4.69) is 4.72 Å². The van der Waals surface area contributed by atoms with E-state index in [1.54, 1.807) is 13.0 Å². The van der Waals surface area contributed by atoms with Gasteiger partial charge in [-0.15, -0.1) is 0 Å². The fourth-order valence-electron chi connectivity index (χ4n) is 2.35. The molecule has 1 fully saturated rings. The number of aliphatic hydroxyl groups is 1. The maximum atomic E-state index is 12.4. The zero-order valence-corrected chi connectivity index (χ0v) is 12.8. The molecular weight excluding hydrogens is 300 g/mol. The van der Waals surface area contributed by atoms with Gasteiger partial charge in [0.25, 0.3) is 0 Å². The first-order valence-electron chi connectivity index (χ1n) is 6.55. The highest BCUT2D eigenvalue weighted by Gasteiger charge is 2.26. The molecule has 7 heteroatoms. The second-order valence-corrected chi connectivity index (χ2v) is 7.36. The number of sulfonamides is 1. The van der Waals surface area contributed by atoms with Gasteiger partial charge in [0, 0.05) is 11.7 Å². The monoisotopic (exact) mass is 318 g/mol. The zero-order valence-electron chi connectivity index (χ0n) is 11.3. The van der Waals surface area contributed by atoms with E-state index in [1.165, 1.54) is 6.07 Å². The Balaban J connectivity index is 2.20. The molecule has 0 aromatic heterocycles. The molecule has 0 aliphatic heterocycles. The summed E-state index contributed by atoms with van der Waals surface area (Å²) in [7, 11) is -3.69. The molecule has 2 rings (SSSR count). The van der Waals surface area contributed by atoms with Crippen LogP contribution >= 0.6 is 11.6 Å². The molecule has 0 atom stereocenters. The summed E-state index contributed by atoms with van der Waals surface area (Å²) in [5.41, 5.74) is 6.90. The minimum Gasteiger partial charge on any atom is -0.398 e. The van der Waals surface area contributed by atoms with Gasteiger partial charge >= 0.3 is 0 Å². The third-order valence-electron chi connectivity index (χ3n) is 3.63. The van der Waals surface area contributed by atoms with Gasteiger partial charge in [-0.1, -0.05) is 11.6 Å². The number of aryl methyl sites for hydroxylation is 1. The first-order valence-corrected chi connectivity index (χ1v) is 8.41. The molecule has 1 saturated carbocycles. The molecule has 4 N–H and O–H groups in total. The molecule has 112 valence electrons. The highest BCUT2D eigenvalue weighted by Crippen LogP contribution is 2.28. The lowest BCUT2D eigenvalue weighted by molar-refractivity contribution is 0.120. The molecule has 0 amide bonds. The van der Waals surface area contributed by atoms with E-state index in [0.29, 0.717) is 31.4 Å². The maximum Gasteiger partial charge on any atom is 0.242 e. The lowest BCUT2D eigenvalue weighted by atomic mass is 9.94. The van der Waals surface area contributed by atoms with E-state index < -0.39 is 10.0 Å². The number of aliphatic hydroxyl groups excluding tert-OH is 1. The SMILES string of the molecule is Cc1cc(Cl)c(S(=O)(=O)NC2CCC(O)CC2)cc1N. The van der Waals surface area contributed by atoms with Gasteiger partial charge in [0.15, 0.2) is 0 Å². The van der Waals surface area contributed by atoms with E-state index in [4.69, 9.17) is 17.3 Å². The molecule has 1 aliphatic carbocycles. The molecule has 1 aliphatic rings. The fourth-order valence-corrected chi connectivity index (χ4v) is 4.27. The van der Waals surface area contributed by atoms with Crippen molar-refractivity contribution in [3.8, 4) is 0 Å². The Labute approximate surface area is 124 Å². The van der Waals surface area contributed by atoms with Crippen molar-refractivity contribution in [2.75, 3.05) is 5.73 Å². The number of rotatable bonds is 3. The molecule has 20 heavy (non-hydrogen) atoms. The van der Waals surface area contributed by atoms with Crippen molar-refractivity contribution >= 4 is 27.3 Å². The Kier molecular flexibility index (Phi) is 4.59. The molecule has 0 saturated heterocycles. The van der Waals surface area contributed by atoms with E-state index in [9.17, 15) is 13.5 Å². The smallest absolute Gasteiger partial charge is 0.242 e. The van der Waals surface area contributed by atoms with Gasteiger partial charge in [-0.2, -0.15) is 0 Å². The minimum absolute atomic E-state index is 0.00777. The van der Waals surface area contributed by atoms with Crippen molar-refractivity contribution in [3.05, 3.63) is 22.7 Å². The molecule has 1 aromatic rings. The Morgan fingerprint density at radius 1 is 1.30 bits per heavy atom. The number of anilines is 1. The summed E-state index contributed by atoms with van der Waals surface area (Å²) in [5.74, 6) is 0. The van der Waals surface area contributed by atoms with Crippen molar-refractivity contribution in [2.24, 2.45) is 0 Å². The van der Waals surface area contributed by atoms with E-state index in [-0.39, 0.29) is 22.1 Å². The number of nitrogens with two attached hydrogens (primary N) is 1. The van der Waals surface area contributed by atoms with Gasteiger partial charge in [-0.05, 0) is 50.3 Å². The van der Waals surface area contributed by atoms with E-state index in [1.807, 2.05) is 0 Å². The second kappa shape index (κ2) is 5.89. The van der Waals surface area contributed by atoms with Crippen molar-refractivity contribution in [1.82, 2.24) is 4.72 Å². The Hall–Kier alpha value is -0.820. The summed E-state index contributed by atoms with van der Waals surface area (Å²) in [5, 5.41) is 9.61. The Morgan fingerprint density at radius 2 is 1.90 bits per heavy atom. The average molecular weight is 319 g/mol. The van der Waals surface area contributed by atoms with Crippen LogP contribution in [0, 0.1) is 6.92 Å². The van der Waals surface area contributed by atoms with Gasteiger partial charge in [-0.3, -0.25) is 0 Å². The standard InChI is InChI=1S/C13H19ClN2O3S/c1-8-6-11(14)13(7-12(8)15)20(18,19)16-9-2-4-10(17)5-3-9/h6-7,9-10,16-17H,2-5,15H2,1H3. The third kappa shape index (κ3) is 3.44. The Morgan fingerprint density at radius 3 is 2.50 bits per heavy atom. The fraction of sp³-hybridized carbons (Fsp3) is 0.538. The van der Waals surface area contributed by atoms with Gasteiger partial charge in [-0.25, -0.2) is 13.1 Å². The zero-order chi connectivity index (χ0) is 14.9. The molecule has 0 bridgehead atoms. The number of nitrogen functional groups attached to an aromatic ring is 1. The van der Waals surface area contributed by atoms with E-state index >= 15 is 0 Å². The molecular formula is C13H19ClN2O3S. The average Bonchev–Trinajstić information content (AvgIpc) is 2.36. The maximum absolute atomic E-state index is 12.4. The van der Waals surface area contributed by atoms with Crippen LogP contribution in [0.5, 0.6) is 0 Å². The van der Waals surface area contributed by atoms with Crippen LogP contribution in [0.25, 0.3) is 0 Å². The molecule has 0 radical (unpaired) electrons. The number of nitrogens with one attached hydrogen (secondary N) is 1. The van der Waals surface area contributed by atoms with Crippen LogP contribution in [0.15, 0.2) is 17.0 Å². The lowest BCUT2D eigenvalue weighted by Crippen LogP contribution is -2.38. The number of benzene rings is 1. The predicted octanol–water partition coefficient (Wildman–Crippen LogP) is 1.81. The highest BCUT2D eigenvalue weighted by molar-refractivity contribution is 7.89. The normalized spacial score (nSPS) is 23.8. The van der Waals surface area contributed by atoms with Crippen LogP contribution < -0.4 is 10.5 Å². The molecule has 0 spiro atoms. The van der Waals surface area contributed by atoms with Crippen LogP contribution in [-0.4, -0.2) is 25.7 Å². The summed E-state index contributed by atoms with van der Waals surface area (Å²) in [6.45, 7) is 1.77. The van der Waals surface area contributed by atoms with Gasteiger partial charge < -0.3 is 10.8 Å². The Bertz CT molecular complexity index is 596. The first-order chi connectivity index (χ1) is 9.29. The van der Waals surface area contributed by atoms with Gasteiger partial charge in [0.1, 0.15) is 4.90 Å². The summed E-state index contributed by atoms with van der Waals surface area (Å²) >= 11 is 6.01. The molecule has 0 unspecified atom stereocenters. The minimum atomic E-state index is -3.69. The van der Waals surface area contributed by atoms with Crippen LogP contribution in [0.3, 0.4) is 0 Å². The summed E-state index contributed by atoms with van der Waals surface area (Å²) in [6.07, 6.45) is 2.14. The van der Waals surface area contributed by atoms with Gasteiger partial charge in [0.05, 0.1) is 11.1 Å². The molecule has 1 aromatic carbocycles. The third-order valence-corrected chi connectivity index (χ3v) is 5.61. The molecule has 0 heterocycles. The largest absolute Gasteiger partial charge is 0.398 e. The van der Waals surface area contributed by atoms with Crippen LogP contribution in [0.2, 0.25) is 5.02 Å². The van der Waals surface area contributed by atoms with Crippen molar-refractivity contribution < 1.29 is 13.5 Å². The van der Waals surface area contributed by atoms with Crippen molar-refractivity contribution in [3.63, 3.8) is 0 Å². The lowest BCUT2D eigenvalue weighted by Gasteiger charge is -2.26. The number of hydrogen-bond donors (Lipinski definition) is 3. The van der Waals surface area contributed by atoms with Gasteiger partial charge in [0.2, 0.25) is 10.0 Å². The quantitative estimate of drug-likeness (QED) is 0.741. The van der Waals surface area contributed by atoms with Crippen molar-refractivity contribution in [1.29, 1.82) is 0 Å². The van der Waals surface area contributed by atoms with Crippen LogP contribution in [0.1, 0.15) is 31.2 Å². The van der Waals surface area contributed by atoms with Crippen LogP contribution in [0.4, 0.5) is 5.69 Å². The second-order valence-electron chi connectivity index (χ2n) is 5.27. The number of hydrogen-bond acceptors (Lipinski definition) is 4. The van der Waals surface area contributed by atoms with Crippen LogP contribution in [-0.2, 0) is 10.0 Å². The summed E-state index contributed by atoms with van der Waals surface area (Å²) in [6, 6.07) is 2.77. The molecule has 5 nitrogen and oxygen atoms in total. The topological polar surface area (TPSA) is 92.4 Å². The summed E-state index contributed by atoms with van der Waals surface area (Å²) in [4.78, 5) is 0.00777. The highest BCUT2D eigenvalue weighted by atomic mass is 35.5. The first kappa shape index (κ1) is 15.6.